The van der Waals surface area contributed by atoms with Crippen LogP contribution in [-0.4, -0.2) is 15.0 Å². The van der Waals surface area contributed by atoms with E-state index in [0.29, 0.717) is 6.54 Å². The zero-order valence-corrected chi connectivity index (χ0v) is 10.4. The Bertz CT molecular complexity index is 492. The Kier molecular flexibility index (Phi) is 3.14. The molecule has 0 saturated heterocycles. The Balaban J connectivity index is 2.05. The van der Waals surface area contributed by atoms with Crippen molar-refractivity contribution in [1.82, 2.24) is 15.0 Å². The monoisotopic (exact) mass is 234 g/mol. The maximum atomic E-state index is 4.46. The molecule has 4 nitrogen and oxygen atoms in total. The van der Waals surface area contributed by atoms with Gasteiger partial charge < -0.3 is 5.32 Å². The van der Waals surface area contributed by atoms with Gasteiger partial charge in [0.2, 0.25) is 0 Å². The van der Waals surface area contributed by atoms with Crippen molar-refractivity contribution in [1.29, 1.82) is 0 Å². The first kappa shape index (κ1) is 11.0. The highest BCUT2D eigenvalue weighted by atomic mass is 32.1. The van der Waals surface area contributed by atoms with Crippen LogP contribution in [0.25, 0.3) is 0 Å². The average Bonchev–Trinajstić information content (AvgIpc) is 2.54. The largest absolute Gasteiger partial charge is 0.364 e. The van der Waals surface area contributed by atoms with Gasteiger partial charge in [-0.15, -0.1) is 11.3 Å². The zero-order valence-electron chi connectivity index (χ0n) is 9.61. The topological polar surface area (TPSA) is 50.7 Å². The Morgan fingerprint density at radius 3 is 2.69 bits per heavy atom. The number of aromatic nitrogens is 3. The second kappa shape index (κ2) is 4.57. The van der Waals surface area contributed by atoms with Crippen LogP contribution < -0.4 is 5.32 Å². The molecule has 0 spiro atoms. The van der Waals surface area contributed by atoms with Crippen LogP contribution >= 0.6 is 11.3 Å². The van der Waals surface area contributed by atoms with Crippen molar-refractivity contribution in [2.24, 2.45) is 0 Å². The van der Waals surface area contributed by atoms with Gasteiger partial charge in [0.1, 0.15) is 12.1 Å². The van der Waals surface area contributed by atoms with E-state index in [1.165, 1.54) is 4.88 Å². The van der Waals surface area contributed by atoms with Gasteiger partial charge in [0.25, 0.3) is 0 Å². The molecule has 0 unspecified atom stereocenters. The van der Waals surface area contributed by atoms with Crippen molar-refractivity contribution in [2.75, 3.05) is 5.32 Å². The summed E-state index contributed by atoms with van der Waals surface area (Å²) in [7, 11) is 0. The second-order valence-electron chi connectivity index (χ2n) is 3.63. The van der Waals surface area contributed by atoms with E-state index in [2.05, 4.69) is 27.2 Å². The van der Waals surface area contributed by atoms with Gasteiger partial charge in [-0.1, -0.05) is 0 Å². The summed E-state index contributed by atoms with van der Waals surface area (Å²) in [6, 6.07) is 1.93. The molecule has 16 heavy (non-hydrogen) atoms. The van der Waals surface area contributed by atoms with Gasteiger partial charge in [0.15, 0.2) is 0 Å². The summed E-state index contributed by atoms with van der Waals surface area (Å²) in [5, 5.41) is 4.35. The Morgan fingerprint density at radius 1 is 1.25 bits per heavy atom. The molecule has 0 fully saturated rings. The lowest BCUT2D eigenvalue weighted by Crippen LogP contribution is -2.03. The highest BCUT2D eigenvalue weighted by molar-refractivity contribution is 7.11. The van der Waals surface area contributed by atoms with Gasteiger partial charge in [-0.2, -0.15) is 0 Å². The van der Waals surface area contributed by atoms with E-state index in [4.69, 9.17) is 0 Å². The fourth-order valence-electron chi connectivity index (χ4n) is 1.46. The SMILES string of the molecule is Cc1cc(NCc2nc(C)sc2C)ncn1. The molecule has 2 aromatic rings. The molecule has 0 aliphatic rings. The Morgan fingerprint density at radius 2 is 2.06 bits per heavy atom. The van der Waals surface area contributed by atoms with Crippen molar-refractivity contribution < 1.29 is 0 Å². The maximum Gasteiger partial charge on any atom is 0.129 e. The number of nitrogens with zero attached hydrogens (tertiary/aromatic N) is 3. The second-order valence-corrected chi connectivity index (χ2v) is 5.04. The first-order valence-electron chi connectivity index (χ1n) is 5.10. The molecule has 0 amide bonds. The number of hydrogen-bond donors (Lipinski definition) is 1. The molecular weight excluding hydrogens is 220 g/mol. The highest BCUT2D eigenvalue weighted by Gasteiger charge is 2.04. The van der Waals surface area contributed by atoms with E-state index >= 15 is 0 Å². The maximum absolute atomic E-state index is 4.46. The minimum atomic E-state index is 0.715. The van der Waals surface area contributed by atoms with Crippen LogP contribution in [-0.2, 0) is 6.54 Å². The van der Waals surface area contributed by atoms with Crippen LogP contribution in [0.4, 0.5) is 5.82 Å². The van der Waals surface area contributed by atoms with Gasteiger partial charge >= 0.3 is 0 Å². The summed E-state index contributed by atoms with van der Waals surface area (Å²) >= 11 is 1.72. The fraction of sp³-hybridized carbons (Fsp3) is 0.364. The molecular formula is C11H14N4S. The summed E-state index contributed by atoms with van der Waals surface area (Å²) in [5.74, 6) is 0.845. The first-order valence-corrected chi connectivity index (χ1v) is 5.92. The number of hydrogen-bond acceptors (Lipinski definition) is 5. The number of rotatable bonds is 3. The van der Waals surface area contributed by atoms with Crippen LogP contribution in [0.15, 0.2) is 12.4 Å². The molecule has 5 heteroatoms. The molecule has 84 valence electrons. The smallest absolute Gasteiger partial charge is 0.129 e. The summed E-state index contributed by atoms with van der Waals surface area (Å²) in [6.07, 6.45) is 1.57. The van der Waals surface area contributed by atoms with Gasteiger partial charge in [-0.3, -0.25) is 0 Å². The van der Waals surface area contributed by atoms with Crippen LogP contribution in [0.3, 0.4) is 0 Å². The minimum Gasteiger partial charge on any atom is -0.364 e. The van der Waals surface area contributed by atoms with E-state index in [1.807, 2.05) is 19.9 Å². The van der Waals surface area contributed by atoms with Crippen molar-refractivity contribution >= 4 is 17.2 Å². The van der Waals surface area contributed by atoms with Crippen LogP contribution in [0.1, 0.15) is 21.3 Å². The fourth-order valence-corrected chi connectivity index (χ4v) is 2.30. The lowest BCUT2D eigenvalue weighted by molar-refractivity contribution is 1.01. The number of nitrogens with one attached hydrogen (secondary N) is 1. The standard InChI is InChI=1S/C11H14N4S/c1-7-4-11(14-6-13-7)12-5-10-8(2)16-9(3)15-10/h4,6H,5H2,1-3H3,(H,12,13,14). The molecule has 0 atom stereocenters. The van der Waals surface area contributed by atoms with Crippen molar-refractivity contribution in [3.63, 3.8) is 0 Å². The molecule has 2 heterocycles. The van der Waals surface area contributed by atoms with Gasteiger partial charge in [-0.05, 0) is 20.8 Å². The third kappa shape index (κ3) is 2.55. The quantitative estimate of drug-likeness (QED) is 0.886. The predicted octanol–water partition coefficient (Wildman–Crippen LogP) is 2.47. The molecule has 2 aromatic heterocycles. The van der Waals surface area contributed by atoms with E-state index < -0.39 is 0 Å². The summed E-state index contributed by atoms with van der Waals surface area (Å²) in [6.45, 7) is 6.78. The van der Waals surface area contributed by atoms with E-state index in [0.717, 1.165) is 22.2 Å². The molecule has 0 saturated carbocycles. The Labute approximate surface area is 98.8 Å². The molecule has 2 rings (SSSR count). The van der Waals surface area contributed by atoms with E-state index in [1.54, 1.807) is 17.7 Å². The molecule has 0 aliphatic carbocycles. The number of aryl methyl sites for hydroxylation is 3. The minimum absolute atomic E-state index is 0.715. The van der Waals surface area contributed by atoms with Crippen LogP contribution in [0.2, 0.25) is 0 Å². The van der Waals surface area contributed by atoms with Gasteiger partial charge in [-0.25, -0.2) is 15.0 Å². The lowest BCUT2D eigenvalue weighted by Gasteiger charge is -2.04. The van der Waals surface area contributed by atoms with Crippen molar-refractivity contribution in [2.45, 2.75) is 27.3 Å². The summed E-state index contributed by atoms with van der Waals surface area (Å²) < 4.78 is 0. The van der Waals surface area contributed by atoms with E-state index in [9.17, 15) is 0 Å². The first-order chi connectivity index (χ1) is 7.65. The van der Waals surface area contributed by atoms with E-state index in [-0.39, 0.29) is 0 Å². The summed E-state index contributed by atoms with van der Waals surface area (Å²) in [4.78, 5) is 13.9. The zero-order chi connectivity index (χ0) is 11.5. The van der Waals surface area contributed by atoms with Crippen molar-refractivity contribution in [3.05, 3.63) is 33.7 Å². The highest BCUT2D eigenvalue weighted by Crippen LogP contribution is 2.17. The molecule has 0 aliphatic heterocycles. The lowest BCUT2D eigenvalue weighted by atomic mass is 10.3. The third-order valence-corrected chi connectivity index (χ3v) is 3.17. The number of anilines is 1. The normalized spacial score (nSPS) is 10.4. The number of thiazole rings is 1. The molecule has 0 radical (unpaired) electrons. The molecule has 1 N–H and O–H groups in total. The van der Waals surface area contributed by atoms with Gasteiger partial charge in [0.05, 0.1) is 17.2 Å². The van der Waals surface area contributed by atoms with Crippen LogP contribution in [0, 0.1) is 20.8 Å². The van der Waals surface area contributed by atoms with Crippen LogP contribution in [0.5, 0.6) is 0 Å². The molecule has 0 aromatic carbocycles. The summed E-state index contributed by atoms with van der Waals surface area (Å²) in [5.41, 5.74) is 2.06. The Hall–Kier alpha value is -1.49. The molecule has 0 bridgehead atoms. The van der Waals surface area contributed by atoms with Crippen molar-refractivity contribution in [3.8, 4) is 0 Å². The van der Waals surface area contributed by atoms with Gasteiger partial charge in [0, 0.05) is 16.6 Å². The average molecular weight is 234 g/mol. The third-order valence-electron chi connectivity index (χ3n) is 2.24. The predicted molar refractivity (Wildman–Crippen MR) is 65.7 cm³/mol.